The Kier molecular flexibility index (Phi) is 5.85. The molecule has 0 heterocycles. The lowest BCUT2D eigenvalue weighted by Crippen LogP contribution is -2.58. The van der Waals surface area contributed by atoms with Gasteiger partial charge in [-0.25, -0.2) is 0 Å². The second kappa shape index (κ2) is 8.09. The maximum atomic E-state index is 13.2. The van der Waals surface area contributed by atoms with E-state index in [2.05, 4.69) is 26.8 Å². The minimum atomic E-state index is -1.27. The van der Waals surface area contributed by atoms with E-state index in [1.54, 1.807) is 12.2 Å². The van der Waals surface area contributed by atoms with Crippen LogP contribution in [0.15, 0.2) is 35.5 Å². The van der Waals surface area contributed by atoms with Gasteiger partial charge in [0.1, 0.15) is 6.61 Å². The van der Waals surface area contributed by atoms with Crippen LogP contribution in [-0.2, 0) is 19.1 Å². The fourth-order valence-electron chi connectivity index (χ4n) is 7.30. The zero-order valence-electron chi connectivity index (χ0n) is 19.8. The summed E-state index contributed by atoms with van der Waals surface area (Å²) >= 11 is 0. The normalized spacial score (nSPS) is 40.0. The highest BCUT2D eigenvalue weighted by molar-refractivity contribution is 6.01. The lowest BCUT2D eigenvalue weighted by Gasteiger charge is -2.55. The lowest BCUT2D eigenvalue weighted by atomic mass is 9.49. The molecular formula is C27H36O5. The molecule has 0 spiro atoms. The van der Waals surface area contributed by atoms with Gasteiger partial charge in [0.25, 0.3) is 0 Å². The number of fused-ring (bicyclic) bond motifs is 5. The van der Waals surface area contributed by atoms with E-state index in [4.69, 9.17) is 4.74 Å². The van der Waals surface area contributed by atoms with Gasteiger partial charge < -0.3 is 9.84 Å². The molecule has 0 aromatic rings. The molecule has 0 saturated heterocycles. The maximum absolute atomic E-state index is 13.2. The Labute approximate surface area is 191 Å². The molecule has 6 atom stereocenters. The number of esters is 1. The van der Waals surface area contributed by atoms with Gasteiger partial charge in [-0.1, -0.05) is 44.9 Å². The summed E-state index contributed by atoms with van der Waals surface area (Å²) in [6.07, 6.45) is 12.5. The van der Waals surface area contributed by atoms with E-state index in [1.165, 1.54) is 11.1 Å². The van der Waals surface area contributed by atoms with Crippen molar-refractivity contribution in [3.63, 3.8) is 0 Å². The summed E-state index contributed by atoms with van der Waals surface area (Å²) < 4.78 is 6.03. The molecule has 1 N–H and O–H groups in total. The number of aliphatic hydroxyl groups is 1. The van der Waals surface area contributed by atoms with Crippen LogP contribution in [0.4, 0.5) is 0 Å². The summed E-state index contributed by atoms with van der Waals surface area (Å²) in [5, 5.41) is 9.84. The van der Waals surface area contributed by atoms with Gasteiger partial charge in [-0.05, 0) is 74.5 Å². The fourth-order valence-corrected chi connectivity index (χ4v) is 7.30. The van der Waals surface area contributed by atoms with E-state index < -0.39 is 17.6 Å². The number of hydrogen-bond acceptors (Lipinski definition) is 5. The summed E-state index contributed by atoms with van der Waals surface area (Å²) in [4.78, 5) is 37.9. The van der Waals surface area contributed by atoms with E-state index in [0.29, 0.717) is 19.3 Å². The largest absolute Gasteiger partial charge is 0.450 e. The Morgan fingerprint density at radius 1 is 1.25 bits per heavy atom. The zero-order chi connectivity index (χ0) is 23.3. The molecular weight excluding hydrogens is 404 g/mol. The second-order valence-electron chi connectivity index (χ2n) is 10.7. The van der Waals surface area contributed by atoms with E-state index in [0.717, 1.165) is 25.7 Å². The monoisotopic (exact) mass is 440 g/mol. The Morgan fingerprint density at radius 3 is 2.69 bits per heavy atom. The number of Topliss-reactive ketones (excluding diaryl/α,β-unsaturated/α-hetero) is 1. The summed E-state index contributed by atoms with van der Waals surface area (Å²) in [7, 11) is 0. The Balaban J connectivity index is 1.74. The quantitative estimate of drug-likeness (QED) is 0.486. The molecule has 4 rings (SSSR count). The number of rotatable bonds is 6. The van der Waals surface area contributed by atoms with Crippen LogP contribution < -0.4 is 0 Å². The van der Waals surface area contributed by atoms with Crippen LogP contribution in [0.25, 0.3) is 0 Å². The van der Waals surface area contributed by atoms with Crippen molar-refractivity contribution in [2.24, 2.45) is 28.6 Å². The highest BCUT2D eigenvalue weighted by atomic mass is 16.6. The molecule has 5 nitrogen and oxygen atoms in total. The predicted octanol–water partition coefficient (Wildman–Crippen LogP) is 4.49. The van der Waals surface area contributed by atoms with Crippen LogP contribution in [-0.4, -0.2) is 34.9 Å². The number of ether oxygens (including phenoxy) is 1. The van der Waals surface area contributed by atoms with Crippen LogP contribution in [0.1, 0.15) is 72.6 Å². The van der Waals surface area contributed by atoms with Crippen molar-refractivity contribution >= 4 is 17.5 Å². The number of hydrogen-bond donors (Lipinski definition) is 1. The van der Waals surface area contributed by atoms with Gasteiger partial charge in [0.2, 0.25) is 5.78 Å². The predicted molar refractivity (Wildman–Crippen MR) is 122 cm³/mol. The number of carbonyl (C=O) groups excluding carboxylic acids is 3. The third-order valence-corrected chi connectivity index (χ3v) is 9.01. The number of allylic oxidation sites excluding steroid dienone is 6. The molecule has 0 aliphatic heterocycles. The second-order valence-corrected chi connectivity index (χ2v) is 10.7. The highest BCUT2D eigenvalue weighted by Crippen LogP contribution is 2.66. The number of aliphatic hydroxyl groups excluding tert-OH is 1. The molecule has 174 valence electrons. The molecule has 32 heavy (non-hydrogen) atoms. The Hall–Kier alpha value is -2.01. The molecule has 0 bridgehead atoms. The van der Waals surface area contributed by atoms with Crippen molar-refractivity contribution < 1.29 is 24.2 Å². The number of unbranched alkanes of at least 4 members (excludes halogenated alkanes) is 1. The fraction of sp³-hybridized carbons (Fsp3) is 0.667. The summed E-state index contributed by atoms with van der Waals surface area (Å²) in [5.74, 6) is 0.0389. The molecule has 0 radical (unpaired) electrons. The first kappa shape index (κ1) is 23.2. The van der Waals surface area contributed by atoms with Gasteiger partial charge in [0.15, 0.2) is 11.4 Å². The third-order valence-electron chi connectivity index (χ3n) is 9.01. The molecule has 2 saturated carbocycles. The average molecular weight is 441 g/mol. The highest BCUT2D eigenvalue weighted by Gasteiger charge is 2.67. The van der Waals surface area contributed by atoms with Crippen molar-refractivity contribution in [1.29, 1.82) is 0 Å². The van der Waals surface area contributed by atoms with Gasteiger partial charge in [-0.2, -0.15) is 0 Å². The molecule has 4 aliphatic rings. The SMILES string of the molecule is CCCCC(=O)O[C@]1(C(=O)CO)CC[C@H]2[C@@H]3C[C@H](C)C4=CC(=O)C=C[C@]4(C)C3=CC[C@@]21C. The zero-order valence-corrected chi connectivity index (χ0v) is 19.8. The van der Waals surface area contributed by atoms with Crippen molar-refractivity contribution in [2.45, 2.75) is 78.2 Å². The van der Waals surface area contributed by atoms with E-state index >= 15 is 0 Å². The van der Waals surface area contributed by atoms with Crippen LogP contribution in [0.3, 0.4) is 0 Å². The summed E-state index contributed by atoms with van der Waals surface area (Å²) in [5.41, 5.74) is 0.420. The van der Waals surface area contributed by atoms with Crippen LogP contribution in [0, 0.1) is 28.6 Å². The molecule has 0 aromatic carbocycles. The topological polar surface area (TPSA) is 80.7 Å². The Morgan fingerprint density at radius 2 is 2.00 bits per heavy atom. The van der Waals surface area contributed by atoms with Crippen LogP contribution in [0.5, 0.6) is 0 Å². The molecule has 2 fully saturated rings. The van der Waals surface area contributed by atoms with Gasteiger partial charge >= 0.3 is 5.97 Å². The Bertz CT molecular complexity index is 926. The smallest absolute Gasteiger partial charge is 0.306 e. The first-order valence-corrected chi connectivity index (χ1v) is 12.1. The van der Waals surface area contributed by atoms with Gasteiger partial charge in [0.05, 0.1) is 0 Å². The molecule has 0 amide bonds. The van der Waals surface area contributed by atoms with Crippen molar-refractivity contribution in [2.75, 3.05) is 6.61 Å². The van der Waals surface area contributed by atoms with E-state index in [1.807, 2.05) is 13.0 Å². The molecule has 4 aliphatic carbocycles. The van der Waals surface area contributed by atoms with Gasteiger partial charge in [-0.3, -0.25) is 14.4 Å². The third kappa shape index (κ3) is 3.19. The van der Waals surface area contributed by atoms with E-state index in [9.17, 15) is 19.5 Å². The summed E-state index contributed by atoms with van der Waals surface area (Å²) in [6, 6.07) is 0. The van der Waals surface area contributed by atoms with Crippen molar-refractivity contribution in [3.05, 3.63) is 35.5 Å². The summed E-state index contributed by atoms with van der Waals surface area (Å²) in [6.45, 7) is 7.87. The first-order chi connectivity index (χ1) is 15.1. The number of ketones is 2. The average Bonchev–Trinajstić information content (AvgIpc) is 3.06. The van der Waals surface area contributed by atoms with Gasteiger partial charge in [0, 0.05) is 17.3 Å². The van der Waals surface area contributed by atoms with Crippen molar-refractivity contribution in [1.82, 2.24) is 0 Å². The lowest BCUT2D eigenvalue weighted by molar-refractivity contribution is -0.185. The maximum Gasteiger partial charge on any atom is 0.306 e. The van der Waals surface area contributed by atoms with Crippen LogP contribution >= 0.6 is 0 Å². The van der Waals surface area contributed by atoms with Gasteiger partial charge in [-0.15, -0.1) is 0 Å². The standard InChI is InChI=1S/C27H36O5/c1-5-6-7-24(31)32-27(23(30)16-28)13-10-21-19-14-17(2)22-15-18(29)8-11-25(22,3)20(19)9-12-26(21,27)4/h8-9,11,15,17,19,21,28H,5-7,10,12-14,16H2,1-4H3/t17-,19+,21-,25+,26-,27-/m0/s1. The minimum Gasteiger partial charge on any atom is -0.450 e. The molecule has 0 aromatic heterocycles. The van der Waals surface area contributed by atoms with E-state index in [-0.39, 0.29) is 40.7 Å². The number of carbonyl (C=O) groups is 3. The molecule has 0 unspecified atom stereocenters. The molecule has 5 heteroatoms. The van der Waals surface area contributed by atoms with Crippen molar-refractivity contribution in [3.8, 4) is 0 Å². The van der Waals surface area contributed by atoms with Crippen LogP contribution in [0.2, 0.25) is 0 Å². The minimum absolute atomic E-state index is 0.0523. The first-order valence-electron chi connectivity index (χ1n) is 12.1.